The van der Waals surface area contributed by atoms with Gasteiger partial charge in [-0.1, -0.05) is 36.4 Å². The highest BCUT2D eigenvalue weighted by atomic mass is 16.6. The lowest BCUT2D eigenvalue weighted by molar-refractivity contribution is -0.107. The lowest BCUT2D eigenvalue weighted by Crippen LogP contribution is -2.27. The first kappa shape index (κ1) is 22.9. The number of carbonyl (C=O) groups is 3. The van der Waals surface area contributed by atoms with Gasteiger partial charge in [-0.25, -0.2) is 9.59 Å². The van der Waals surface area contributed by atoms with Crippen LogP contribution in [0.5, 0.6) is 0 Å². The minimum Gasteiger partial charge on any atom is -0.444 e. The fourth-order valence-electron chi connectivity index (χ4n) is 2.66. The maximum absolute atomic E-state index is 12.2. The number of nitrogens with one attached hydrogen (secondary N) is 2. The van der Waals surface area contributed by atoms with Gasteiger partial charge in [0.25, 0.3) is 0 Å². The first-order valence-corrected chi connectivity index (χ1v) is 9.81. The lowest BCUT2D eigenvalue weighted by Gasteiger charge is -2.21. The number of aryl methyl sites for hydroxylation is 1. The number of rotatable bonds is 8. The Morgan fingerprint density at radius 3 is 2.40 bits per heavy atom. The van der Waals surface area contributed by atoms with Crippen molar-refractivity contribution in [3.63, 3.8) is 0 Å². The van der Waals surface area contributed by atoms with Crippen LogP contribution in [-0.2, 0) is 27.3 Å². The van der Waals surface area contributed by atoms with E-state index in [1.807, 2.05) is 30.3 Å². The number of benzene rings is 2. The molecule has 2 N–H and O–H groups in total. The monoisotopic (exact) mass is 412 g/mol. The maximum Gasteiger partial charge on any atom is 0.412 e. The van der Waals surface area contributed by atoms with Gasteiger partial charge >= 0.3 is 12.2 Å². The summed E-state index contributed by atoms with van der Waals surface area (Å²) in [6.45, 7) is 5.48. The Hall–Kier alpha value is -3.35. The van der Waals surface area contributed by atoms with Crippen molar-refractivity contribution in [2.75, 3.05) is 10.6 Å². The second kappa shape index (κ2) is 11.0. The van der Waals surface area contributed by atoms with Crippen LogP contribution in [0.2, 0.25) is 0 Å². The van der Waals surface area contributed by atoms with Gasteiger partial charge in [-0.15, -0.1) is 0 Å². The molecule has 0 bridgehead atoms. The molecule has 0 radical (unpaired) electrons. The molecule has 2 aromatic carbocycles. The molecule has 7 nitrogen and oxygen atoms in total. The number of hydrogen-bond acceptors (Lipinski definition) is 5. The molecule has 7 heteroatoms. The fraction of sp³-hybridized carbons (Fsp3) is 0.348. The van der Waals surface area contributed by atoms with E-state index >= 15 is 0 Å². The van der Waals surface area contributed by atoms with Crippen molar-refractivity contribution in [2.24, 2.45) is 0 Å². The van der Waals surface area contributed by atoms with Crippen LogP contribution in [-0.4, -0.2) is 24.1 Å². The lowest BCUT2D eigenvalue weighted by atomic mass is 10.1. The number of anilines is 2. The number of unbranched alkanes of at least 4 members (excludes halogenated alkanes) is 1. The van der Waals surface area contributed by atoms with Crippen molar-refractivity contribution < 1.29 is 23.9 Å². The molecular formula is C23H28N2O5. The smallest absolute Gasteiger partial charge is 0.412 e. The topological polar surface area (TPSA) is 93.7 Å². The quantitative estimate of drug-likeness (QED) is 0.453. The highest BCUT2D eigenvalue weighted by molar-refractivity contribution is 5.89. The molecule has 30 heavy (non-hydrogen) atoms. The van der Waals surface area contributed by atoms with Gasteiger partial charge in [-0.2, -0.15) is 0 Å². The normalized spacial score (nSPS) is 10.8. The standard InChI is InChI=1S/C23H28N2O5/c1-23(2,3)30-22(28)25-20-15-19(13-12-18(20)11-7-8-14-26)24-21(27)29-16-17-9-5-4-6-10-17/h4-6,9-10,12-15H,7-8,11,16H2,1-3H3,(H,24,27)(H,25,28). The average Bonchev–Trinajstić information content (AvgIpc) is 2.67. The zero-order chi connectivity index (χ0) is 22.0. The molecule has 2 amide bonds. The average molecular weight is 412 g/mol. The van der Waals surface area contributed by atoms with Crippen LogP contribution in [0, 0.1) is 0 Å². The summed E-state index contributed by atoms with van der Waals surface area (Å²) in [6, 6.07) is 14.5. The van der Waals surface area contributed by atoms with Crippen LogP contribution in [0.1, 0.15) is 44.7 Å². The highest BCUT2D eigenvalue weighted by Crippen LogP contribution is 2.24. The van der Waals surface area contributed by atoms with Gasteiger partial charge in [0.1, 0.15) is 18.5 Å². The third-order valence-electron chi connectivity index (χ3n) is 3.97. The van der Waals surface area contributed by atoms with Gasteiger partial charge in [0, 0.05) is 17.8 Å². The summed E-state index contributed by atoms with van der Waals surface area (Å²) in [5.74, 6) is 0. The molecule has 0 saturated carbocycles. The predicted octanol–water partition coefficient (Wildman–Crippen LogP) is 5.30. The minimum atomic E-state index is -0.640. The molecule has 0 saturated heterocycles. The fourth-order valence-corrected chi connectivity index (χ4v) is 2.66. The summed E-state index contributed by atoms with van der Waals surface area (Å²) in [4.78, 5) is 34.9. The Labute approximate surface area is 176 Å². The Morgan fingerprint density at radius 2 is 1.73 bits per heavy atom. The Kier molecular flexibility index (Phi) is 8.41. The van der Waals surface area contributed by atoms with E-state index in [0.29, 0.717) is 30.6 Å². The summed E-state index contributed by atoms with van der Waals surface area (Å²) >= 11 is 0. The van der Waals surface area contributed by atoms with E-state index in [1.165, 1.54) is 0 Å². The van der Waals surface area contributed by atoms with Crippen molar-refractivity contribution in [3.8, 4) is 0 Å². The molecule has 0 heterocycles. The van der Waals surface area contributed by atoms with Crippen LogP contribution >= 0.6 is 0 Å². The maximum atomic E-state index is 12.2. The van der Waals surface area contributed by atoms with Crippen LogP contribution < -0.4 is 10.6 Å². The zero-order valence-corrected chi connectivity index (χ0v) is 17.6. The third-order valence-corrected chi connectivity index (χ3v) is 3.97. The molecule has 0 aromatic heterocycles. The zero-order valence-electron chi connectivity index (χ0n) is 17.6. The SMILES string of the molecule is CC(C)(C)OC(=O)Nc1cc(NC(=O)OCc2ccccc2)ccc1CCCC=O. The summed E-state index contributed by atoms with van der Waals surface area (Å²) in [5, 5.41) is 5.38. The number of amides is 2. The Morgan fingerprint density at radius 1 is 1.00 bits per heavy atom. The van der Waals surface area contributed by atoms with E-state index in [1.54, 1.807) is 39.0 Å². The first-order chi connectivity index (χ1) is 14.3. The van der Waals surface area contributed by atoms with E-state index in [4.69, 9.17) is 9.47 Å². The van der Waals surface area contributed by atoms with E-state index in [9.17, 15) is 14.4 Å². The summed E-state index contributed by atoms with van der Waals surface area (Å²) in [6.07, 6.45) is 1.34. The van der Waals surface area contributed by atoms with Crippen LogP contribution in [0.15, 0.2) is 48.5 Å². The van der Waals surface area contributed by atoms with Gasteiger partial charge in [0.2, 0.25) is 0 Å². The molecule has 0 aliphatic carbocycles. The molecular weight excluding hydrogens is 384 g/mol. The molecule has 2 rings (SSSR count). The third kappa shape index (κ3) is 8.34. The second-order valence-electron chi connectivity index (χ2n) is 7.74. The van der Waals surface area contributed by atoms with Crippen LogP contribution in [0.3, 0.4) is 0 Å². The van der Waals surface area contributed by atoms with Gasteiger partial charge < -0.3 is 14.3 Å². The molecule has 0 atom stereocenters. The predicted molar refractivity (Wildman–Crippen MR) is 116 cm³/mol. The van der Waals surface area contributed by atoms with Crippen molar-refractivity contribution in [3.05, 3.63) is 59.7 Å². The molecule has 0 fully saturated rings. The Bertz CT molecular complexity index is 860. The van der Waals surface area contributed by atoms with Crippen molar-refractivity contribution in [1.29, 1.82) is 0 Å². The second-order valence-corrected chi connectivity index (χ2v) is 7.74. The highest BCUT2D eigenvalue weighted by Gasteiger charge is 2.18. The summed E-state index contributed by atoms with van der Waals surface area (Å²) in [7, 11) is 0. The van der Waals surface area contributed by atoms with Crippen molar-refractivity contribution >= 4 is 29.8 Å². The van der Waals surface area contributed by atoms with Gasteiger partial charge in [-0.05, 0) is 56.9 Å². The van der Waals surface area contributed by atoms with Crippen molar-refractivity contribution in [2.45, 2.75) is 52.2 Å². The molecule has 0 unspecified atom stereocenters. The van der Waals surface area contributed by atoms with Crippen LogP contribution in [0.4, 0.5) is 21.0 Å². The van der Waals surface area contributed by atoms with E-state index in [0.717, 1.165) is 17.4 Å². The molecule has 160 valence electrons. The number of aldehydes is 1. The minimum absolute atomic E-state index is 0.152. The summed E-state index contributed by atoms with van der Waals surface area (Å²) < 4.78 is 10.5. The van der Waals surface area contributed by atoms with Gasteiger partial charge in [0.15, 0.2) is 0 Å². The molecule has 2 aromatic rings. The number of hydrogen-bond donors (Lipinski definition) is 2. The van der Waals surface area contributed by atoms with E-state index < -0.39 is 17.8 Å². The molecule has 0 aliphatic heterocycles. The summed E-state index contributed by atoms with van der Waals surface area (Å²) in [5.41, 5.74) is 2.06. The van der Waals surface area contributed by atoms with Gasteiger partial charge in [-0.3, -0.25) is 10.6 Å². The largest absolute Gasteiger partial charge is 0.444 e. The van der Waals surface area contributed by atoms with E-state index in [2.05, 4.69) is 10.6 Å². The van der Waals surface area contributed by atoms with E-state index in [-0.39, 0.29) is 6.61 Å². The Balaban J connectivity index is 2.06. The number of carbonyl (C=O) groups excluding carboxylic acids is 3. The van der Waals surface area contributed by atoms with Crippen LogP contribution in [0.25, 0.3) is 0 Å². The van der Waals surface area contributed by atoms with Crippen molar-refractivity contribution in [1.82, 2.24) is 0 Å². The first-order valence-electron chi connectivity index (χ1n) is 9.81. The molecule has 0 aliphatic rings. The van der Waals surface area contributed by atoms with Gasteiger partial charge in [0.05, 0.1) is 0 Å². The molecule has 0 spiro atoms. The number of ether oxygens (including phenoxy) is 2.